The van der Waals surface area contributed by atoms with Crippen LogP contribution < -0.4 is 4.90 Å². The summed E-state index contributed by atoms with van der Waals surface area (Å²) in [6, 6.07) is 13.4. The van der Waals surface area contributed by atoms with Crippen LogP contribution in [0.25, 0.3) is 0 Å². The minimum atomic E-state index is -1.08. The largest absolute Gasteiger partial charge is 0.465 e. The highest BCUT2D eigenvalue weighted by Gasteiger charge is 2.64. The number of carbonyl (C=O) groups excluding carboxylic acids is 3. The predicted molar refractivity (Wildman–Crippen MR) is 141 cm³/mol. The van der Waals surface area contributed by atoms with E-state index in [1.54, 1.807) is 26.8 Å². The van der Waals surface area contributed by atoms with Crippen LogP contribution in [0.1, 0.15) is 44.2 Å². The van der Waals surface area contributed by atoms with E-state index in [-0.39, 0.29) is 36.2 Å². The van der Waals surface area contributed by atoms with E-state index in [4.69, 9.17) is 9.47 Å². The number of imide groups is 1. The van der Waals surface area contributed by atoms with E-state index in [0.717, 1.165) is 20.1 Å². The zero-order chi connectivity index (χ0) is 25.1. The Morgan fingerprint density at radius 1 is 1.14 bits per heavy atom. The van der Waals surface area contributed by atoms with E-state index < -0.39 is 16.4 Å². The van der Waals surface area contributed by atoms with Crippen molar-refractivity contribution in [3.63, 3.8) is 0 Å². The topological polar surface area (TPSA) is 72.9 Å². The number of hydrogen-bond donors (Lipinski definition) is 0. The average molecular weight is 623 g/mol. The molecule has 3 aliphatic rings. The Morgan fingerprint density at radius 3 is 2.54 bits per heavy atom. The molecule has 6 nitrogen and oxygen atoms in total. The Hall–Kier alpha value is -1.84. The summed E-state index contributed by atoms with van der Waals surface area (Å²) in [4.78, 5) is 41.2. The highest BCUT2D eigenvalue weighted by molar-refractivity contribution is 9.10. The summed E-state index contributed by atoms with van der Waals surface area (Å²) < 4.78 is 11.8. The molecule has 3 heterocycles. The number of esters is 1. The standard InChI is InChI=1S/C26H25Br2NO5S/c1-25(2,3)34-24(32)29-19-6-4-5-18(28)22(19)26(23(29)31)21(14-7-9-16(27)10-8-14)17-12-33-20(30)11-15(17)13-35-26/h4-10,15,17,21H,11-13H2,1-3H3/t15-,17-,21-,26-/m0/s1. The van der Waals surface area contributed by atoms with Crippen molar-refractivity contribution in [1.82, 2.24) is 0 Å². The molecular formula is C26H25Br2NO5S. The van der Waals surface area contributed by atoms with Gasteiger partial charge in [0.05, 0.1) is 12.3 Å². The lowest BCUT2D eigenvalue weighted by Crippen LogP contribution is -2.53. The number of amides is 2. The Morgan fingerprint density at radius 2 is 1.86 bits per heavy atom. The first-order valence-corrected chi connectivity index (χ1v) is 14.0. The molecule has 0 bridgehead atoms. The number of fused-ring (bicyclic) bond motifs is 3. The first kappa shape index (κ1) is 24.8. The average Bonchev–Trinajstić information content (AvgIpc) is 3.03. The quantitative estimate of drug-likeness (QED) is 0.343. The number of cyclic esters (lactones) is 1. The van der Waals surface area contributed by atoms with Gasteiger partial charge in [-0.1, -0.05) is 50.1 Å². The molecule has 2 aromatic rings. The predicted octanol–water partition coefficient (Wildman–Crippen LogP) is 6.40. The molecule has 2 saturated heterocycles. The van der Waals surface area contributed by atoms with Gasteiger partial charge >= 0.3 is 12.1 Å². The van der Waals surface area contributed by atoms with E-state index in [1.807, 2.05) is 36.4 Å². The smallest absolute Gasteiger partial charge is 0.421 e. The third kappa shape index (κ3) is 4.13. The number of nitrogens with zero attached hydrogens (tertiary/aromatic N) is 1. The number of hydrogen-bond acceptors (Lipinski definition) is 6. The molecule has 2 fully saturated rings. The number of thioether (sulfide) groups is 1. The molecule has 5 rings (SSSR count). The zero-order valence-electron chi connectivity index (χ0n) is 19.5. The monoisotopic (exact) mass is 621 g/mol. The number of anilines is 1. The number of halogens is 2. The summed E-state index contributed by atoms with van der Waals surface area (Å²) in [5.41, 5.74) is 1.50. The zero-order valence-corrected chi connectivity index (χ0v) is 23.5. The van der Waals surface area contributed by atoms with Crippen molar-refractivity contribution in [3.8, 4) is 0 Å². The molecule has 0 unspecified atom stereocenters. The molecule has 0 radical (unpaired) electrons. The van der Waals surface area contributed by atoms with Crippen LogP contribution in [0, 0.1) is 11.8 Å². The fourth-order valence-electron chi connectivity index (χ4n) is 5.44. The third-order valence-electron chi connectivity index (χ3n) is 6.79. The minimum absolute atomic E-state index is 0.0716. The molecule has 0 saturated carbocycles. The Labute approximate surface area is 225 Å². The van der Waals surface area contributed by atoms with Crippen molar-refractivity contribution in [2.24, 2.45) is 11.8 Å². The summed E-state index contributed by atoms with van der Waals surface area (Å²) in [5, 5.41) is 0. The van der Waals surface area contributed by atoms with E-state index >= 15 is 0 Å². The maximum absolute atomic E-state index is 14.5. The lowest BCUT2D eigenvalue weighted by Gasteiger charge is -2.49. The molecule has 35 heavy (non-hydrogen) atoms. The second-order valence-corrected chi connectivity index (χ2v) is 13.2. The van der Waals surface area contributed by atoms with Gasteiger partial charge in [0.15, 0.2) is 0 Å². The molecular weight excluding hydrogens is 598 g/mol. The number of carbonyl (C=O) groups is 3. The van der Waals surface area contributed by atoms with Crippen molar-refractivity contribution in [1.29, 1.82) is 0 Å². The highest BCUT2D eigenvalue weighted by Crippen LogP contribution is 2.65. The van der Waals surface area contributed by atoms with Gasteiger partial charge in [-0.05, 0) is 62.3 Å². The highest BCUT2D eigenvalue weighted by atomic mass is 79.9. The van der Waals surface area contributed by atoms with Gasteiger partial charge in [0.25, 0.3) is 5.91 Å². The molecule has 0 aromatic heterocycles. The Bertz CT molecular complexity index is 1210. The molecule has 9 heteroatoms. The van der Waals surface area contributed by atoms with Gasteiger partial charge in [-0.3, -0.25) is 9.59 Å². The fourth-order valence-corrected chi connectivity index (χ4v) is 8.41. The second-order valence-electron chi connectivity index (χ2n) is 10.1. The van der Waals surface area contributed by atoms with Crippen molar-refractivity contribution in [2.75, 3.05) is 17.3 Å². The first-order valence-electron chi connectivity index (χ1n) is 11.4. The summed E-state index contributed by atoms with van der Waals surface area (Å²) in [7, 11) is 0. The van der Waals surface area contributed by atoms with Crippen molar-refractivity contribution in [3.05, 3.63) is 62.5 Å². The molecule has 0 N–H and O–H groups in total. The van der Waals surface area contributed by atoms with Crippen LogP contribution in [0.3, 0.4) is 0 Å². The first-order chi connectivity index (χ1) is 16.5. The summed E-state index contributed by atoms with van der Waals surface area (Å²) in [6.45, 7) is 5.59. The Balaban J connectivity index is 1.71. The van der Waals surface area contributed by atoms with E-state index in [9.17, 15) is 14.4 Å². The van der Waals surface area contributed by atoms with Crippen molar-refractivity contribution in [2.45, 2.75) is 43.5 Å². The molecule has 184 valence electrons. The normalized spacial score (nSPS) is 27.9. The van der Waals surface area contributed by atoms with Crippen LogP contribution in [0.5, 0.6) is 0 Å². The van der Waals surface area contributed by atoms with Gasteiger partial charge in [-0.15, -0.1) is 11.8 Å². The SMILES string of the molecule is CC(C)(C)OC(=O)N1C(=O)[C@@]2(SC[C@@H]3CC(=O)OC[C@@H]3[C@@H]2c2ccc(Br)cc2)c2c(Br)cccc21. The third-order valence-corrected chi connectivity index (χ3v) is 9.66. The maximum atomic E-state index is 14.5. The van der Waals surface area contributed by atoms with Gasteiger partial charge < -0.3 is 9.47 Å². The number of benzene rings is 2. The van der Waals surface area contributed by atoms with Crippen molar-refractivity contribution < 1.29 is 23.9 Å². The van der Waals surface area contributed by atoms with Gasteiger partial charge in [-0.25, -0.2) is 9.69 Å². The summed E-state index contributed by atoms with van der Waals surface area (Å²) >= 11 is 8.73. The molecule has 1 spiro atoms. The van der Waals surface area contributed by atoms with Crippen molar-refractivity contribution >= 4 is 67.3 Å². The number of rotatable bonds is 1. The van der Waals surface area contributed by atoms with E-state index in [0.29, 0.717) is 17.9 Å². The molecule has 3 aliphatic heterocycles. The molecule has 2 aromatic carbocycles. The second kappa shape index (κ2) is 8.92. The minimum Gasteiger partial charge on any atom is -0.465 e. The van der Waals surface area contributed by atoms with E-state index in [2.05, 4.69) is 31.9 Å². The lowest BCUT2D eigenvalue weighted by atomic mass is 9.68. The van der Waals surface area contributed by atoms with Crippen LogP contribution >= 0.6 is 43.6 Å². The molecule has 4 atom stereocenters. The summed E-state index contributed by atoms with van der Waals surface area (Å²) in [6.07, 6.45) is -0.362. The number of ether oxygens (including phenoxy) is 2. The lowest BCUT2D eigenvalue weighted by molar-refractivity contribution is -0.153. The van der Waals surface area contributed by atoms with Gasteiger partial charge in [0, 0.05) is 32.8 Å². The van der Waals surface area contributed by atoms with Gasteiger partial charge in [-0.2, -0.15) is 0 Å². The Kier molecular flexibility index (Phi) is 6.33. The molecule has 2 amide bonds. The van der Waals surface area contributed by atoms with Crippen LogP contribution in [0.2, 0.25) is 0 Å². The maximum Gasteiger partial charge on any atom is 0.421 e. The van der Waals surface area contributed by atoms with Crippen LogP contribution in [-0.2, 0) is 23.8 Å². The van der Waals surface area contributed by atoms with E-state index in [1.165, 1.54) is 16.7 Å². The van der Waals surface area contributed by atoms with Crippen LogP contribution in [0.15, 0.2) is 51.4 Å². The van der Waals surface area contributed by atoms with Crippen LogP contribution in [-0.4, -0.2) is 35.9 Å². The van der Waals surface area contributed by atoms with Crippen LogP contribution in [0.4, 0.5) is 10.5 Å². The fraction of sp³-hybridized carbons (Fsp3) is 0.423. The molecule has 0 aliphatic carbocycles. The van der Waals surface area contributed by atoms with Gasteiger partial charge in [0.2, 0.25) is 0 Å². The van der Waals surface area contributed by atoms with Gasteiger partial charge in [0.1, 0.15) is 10.3 Å². The summed E-state index contributed by atoms with van der Waals surface area (Å²) in [5.74, 6) is -0.215.